The predicted molar refractivity (Wildman–Crippen MR) is 258 cm³/mol. The molecular weight excluding hydrogens is 739 g/mol. The quantitative estimate of drug-likeness (QED) is 0.157. The number of aromatic nitrogens is 2. The standard InChI is InChI=1S/C58H39N3/c1-2-15-45(16-3-1)59(54-24-12-14-43-13-4-5-17-49(43)54)46-32-29-41(30-33-46)40-25-27-42(28-26-40)44-31-38-58-53(39-44)52-20-8-11-23-57(52)61(58)48-36-34-47(35-37-48)60-55-21-9-6-18-50(55)51-19-7-10-22-56(51)60/h1-39H. The van der Waals surface area contributed by atoms with Crippen LogP contribution in [0.25, 0.3) is 88.0 Å². The molecule has 12 aromatic rings. The first-order valence-corrected chi connectivity index (χ1v) is 20.9. The molecule has 0 aliphatic carbocycles. The highest BCUT2D eigenvalue weighted by molar-refractivity contribution is 6.11. The van der Waals surface area contributed by atoms with Gasteiger partial charge < -0.3 is 14.0 Å². The van der Waals surface area contributed by atoms with Crippen molar-refractivity contribution in [3.8, 4) is 33.6 Å². The predicted octanol–water partition coefficient (Wildman–Crippen LogP) is 15.8. The Bertz CT molecular complexity index is 3500. The maximum atomic E-state index is 2.40. The molecule has 0 amide bonds. The molecule has 2 heterocycles. The summed E-state index contributed by atoms with van der Waals surface area (Å²) in [5, 5.41) is 7.48. The van der Waals surface area contributed by atoms with Crippen LogP contribution in [0.5, 0.6) is 0 Å². The number of anilines is 3. The van der Waals surface area contributed by atoms with Crippen molar-refractivity contribution in [2.45, 2.75) is 0 Å². The lowest BCUT2D eigenvalue weighted by Crippen LogP contribution is -2.10. The molecule has 10 aromatic carbocycles. The molecule has 0 saturated heterocycles. The fourth-order valence-electron chi connectivity index (χ4n) is 9.45. The second-order valence-corrected chi connectivity index (χ2v) is 15.8. The van der Waals surface area contributed by atoms with Crippen molar-refractivity contribution in [2.24, 2.45) is 0 Å². The number of benzene rings is 10. The van der Waals surface area contributed by atoms with E-state index in [0.29, 0.717) is 0 Å². The van der Waals surface area contributed by atoms with E-state index in [1.807, 2.05) is 0 Å². The largest absolute Gasteiger partial charge is 0.310 e. The molecule has 2 aromatic heterocycles. The second-order valence-electron chi connectivity index (χ2n) is 15.8. The molecule has 0 aliphatic rings. The third-order valence-corrected chi connectivity index (χ3v) is 12.3. The Hall–Kier alpha value is -8.14. The normalized spacial score (nSPS) is 11.6. The maximum absolute atomic E-state index is 2.40. The van der Waals surface area contributed by atoms with Gasteiger partial charge in [0.1, 0.15) is 0 Å². The molecule has 286 valence electrons. The summed E-state index contributed by atoms with van der Waals surface area (Å²) in [6.07, 6.45) is 0. The van der Waals surface area contributed by atoms with E-state index in [0.717, 1.165) is 28.4 Å². The topological polar surface area (TPSA) is 13.1 Å². The molecular formula is C58H39N3. The lowest BCUT2D eigenvalue weighted by atomic mass is 9.98. The van der Waals surface area contributed by atoms with Crippen molar-refractivity contribution in [1.82, 2.24) is 9.13 Å². The Balaban J connectivity index is 0.865. The first-order valence-electron chi connectivity index (χ1n) is 20.9. The molecule has 0 fully saturated rings. The van der Waals surface area contributed by atoms with E-state index >= 15 is 0 Å². The zero-order chi connectivity index (χ0) is 40.3. The fraction of sp³-hybridized carbons (Fsp3) is 0. The molecule has 0 unspecified atom stereocenters. The molecule has 3 nitrogen and oxygen atoms in total. The van der Waals surface area contributed by atoms with Crippen molar-refractivity contribution in [2.75, 3.05) is 4.90 Å². The van der Waals surface area contributed by atoms with E-state index in [2.05, 4.69) is 251 Å². The Kier molecular flexibility index (Phi) is 8.17. The van der Waals surface area contributed by atoms with Crippen molar-refractivity contribution < 1.29 is 0 Å². The first-order chi connectivity index (χ1) is 30.3. The fourth-order valence-corrected chi connectivity index (χ4v) is 9.45. The van der Waals surface area contributed by atoms with E-state index in [1.165, 1.54) is 76.6 Å². The molecule has 12 rings (SSSR count). The zero-order valence-electron chi connectivity index (χ0n) is 33.4. The number of para-hydroxylation sites is 4. The van der Waals surface area contributed by atoms with Crippen LogP contribution in [0.4, 0.5) is 17.1 Å². The molecule has 61 heavy (non-hydrogen) atoms. The molecule has 0 saturated carbocycles. The molecule has 0 aliphatic heterocycles. The summed E-state index contributed by atoms with van der Waals surface area (Å²) in [4.78, 5) is 2.35. The third-order valence-electron chi connectivity index (χ3n) is 12.3. The van der Waals surface area contributed by atoms with Crippen molar-refractivity contribution in [3.05, 3.63) is 237 Å². The summed E-state index contributed by atoms with van der Waals surface area (Å²) < 4.78 is 4.77. The van der Waals surface area contributed by atoms with Crippen LogP contribution in [0, 0.1) is 0 Å². The molecule has 3 heteroatoms. The first kappa shape index (κ1) is 34.9. The highest BCUT2D eigenvalue weighted by Crippen LogP contribution is 2.41. The Morgan fingerprint density at radius 1 is 0.262 bits per heavy atom. The van der Waals surface area contributed by atoms with Crippen LogP contribution in [0.2, 0.25) is 0 Å². The van der Waals surface area contributed by atoms with Gasteiger partial charge in [-0.05, 0) is 113 Å². The van der Waals surface area contributed by atoms with Gasteiger partial charge >= 0.3 is 0 Å². The lowest BCUT2D eigenvalue weighted by molar-refractivity contribution is 1.14. The van der Waals surface area contributed by atoms with Gasteiger partial charge in [-0.25, -0.2) is 0 Å². The van der Waals surface area contributed by atoms with Gasteiger partial charge in [0.2, 0.25) is 0 Å². The van der Waals surface area contributed by atoms with Crippen LogP contribution in [-0.2, 0) is 0 Å². The number of hydrogen-bond donors (Lipinski definition) is 0. The van der Waals surface area contributed by atoms with E-state index in [9.17, 15) is 0 Å². The summed E-state index contributed by atoms with van der Waals surface area (Å²) >= 11 is 0. The monoisotopic (exact) mass is 777 g/mol. The van der Waals surface area contributed by atoms with Crippen molar-refractivity contribution in [3.63, 3.8) is 0 Å². The van der Waals surface area contributed by atoms with Gasteiger partial charge in [0.15, 0.2) is 0 Å². The minimum atomic E-state index is 1.12. The minimum Gasteiger partial charge on any atom is -0.310 e. The van der Waals surface area contributed by atoms with Gasteiger partial charge in [0.25, 0.3) is 0 Å². The average molecular weight is 778 g/mol. The SMILES string of the molecule is c1ccc(N(c2ccc(-c3ccc(-c4ccc5c(c4)c4ccccc4n5-c4ccc(-n5c6ccccc6c6ccccc65)cc4)cc3)cc2)c2cccc3ccccc23)cc1. The summed E-state index contributed by atoms with van der Waals surface area (Å²) in [5.41, 5.74) is 15.3. The minimum absolute atomic E-state index is 1.12. The Labute approximate surface area is 354 Å². The lowest BCUT2D eigenvalue weighted by Gasteiger charge is -2.27. The third kappa shape index (κ3) is 5.82. The average Bonchev–Trinajstić information content (AvgIpc) is 3.85. The molecule has 0 radical (unpaired) electrons. The maximum Gasteiger partial charge on any atom is 0.0541 e. The van der Waals surface area contributed by atoms with Gasteiger partial charge in [-0.1, -0.05) is 152 Å². The summed E-state index contributed by atoms with van der Waals surface area (Å²) in [7, 11) is 0. The van der Waals surface area contributed by atoms with Gasteiger partial charge in [0, 0.05) is 49.7 Å². The molecule has 0 N–H and O–H groups in total. The summed E-state index contributed by atoms with van der Waals surface area (Å²) in [6, 6.07) is 85.8. The Morgan fingerprint density at radius 3 is 1.26 bits per heavy atom. The number of rotatable bonds is 7. The highest BCUT2D eigenvalue weighted by Gasteiger charge is 2.17. The van der Waals surface area contributed by atoms with E-state index in [4.69, 9.17) is 0 Å². The Morgan fingerprint density at radius 2 is 0.672 bits per heavy atom. The molecule has 0 spiro atoms. The van der Waals surface area contributed by atoms with Gasteiger partial charge in [-0.15, -0.1) is 0 Å². The zero-order valence-corrected chi connectivity index (χ0v) is 33.4. The van der Waals surface area contributed by atoms with Gasteiger partial charge in [-0.3, -0.25) is 0 Å². The number of hydrogen-bond acceptors (Lipinski definition) is 1. The molecule has 0 bridgehead atoms. The number of fused-ring (bicyclic) bond motifs is 7. The van der Waals surface area contributed by atoms with E-state index in [-0.39, 0.29) is 0 Å². The van der Waals surface area contributed by atoms with Crippen LogP contribution in [0.3, 0.4) is 0 Å². The highest BCUT2D eigenvalue weighted by atomic mass is 15.1. The van der Waals surface area contributed by atoms with Crippen LogP contribution in [0.15, 0.2) is 237 Å². The number of nitrogens with zero attached hydrogens (tertiary/aromatic N) is 3. The van der Waals surface area contributed by atoms with Crippen LogP contribution in [-0.4, -0.2) is 9.13 Å². The van der Waals surface area contributed by atoms with Gasteiger partial charge in [0.05, 0.1) is 27.8 Å². The van der Waals surface area contributed by atoms with Crippen molar-refractivity contribution in [1.29, 1.82) is 0 Å². The second kappa shape index (κ2) is 14.3. The summed E-state index contributed by atoms with van der Waals surface area (Å²) in [5.74, 6) is 0. The molecule has 0 atom stereocenters. The van der Waals surface area contributed by atoms with E-state index < -0.39 is 0 Å². The summed E-state index contributed by atoms with van der Waals surface area (Å²) in [6.45, 7) is 0. The smallest absolute Gasteiger partial charge is 0.0541 e. The van der Waals surface area contributed by atoms with E-state index in [1.54, 1.807) is 0 Å². The van der Waals surface area contributed by atoms with Crippen LogP contribution >= 0.6 is 0 Å². The van der Waals surface area contributed by atoms with Crippen LogP contribution in [0.1, 0.15) is 0 Å². The van der Waals surface area contributed by atoms with Crippen molar-refractivity contribution >= 4 is 71.4 Å². The van der Waals surface area contributed by atoms with Gasteiger partial charge in [-0.2, -0.15) is 0 Å². The van der Waals surface area contributed by atoms with Crippen LogP contribution < -0.4 is 4.90 Å².